The fourth-order valence-electron chi connectivity index (χ4n) is 3.50. The predicted molar refractivity (Wildman–Crippen MR) is 100 cm³/mol. The van der Waals surface area contributed by atoms with E-state index in [2.05, 4.69) is 54.7 Å². The molecule has 3 heteroatoms. The van der Waals surface area contributed by atoms with E-state index in [4.69, 9.17) is 4.74 Å². The van der Waals surface area contributed by atoms with Crippen LogP contribution in [0.25, 0.3) is 10.8 Å². The van der Waals surface area contributed by atoms with Crippen molar-refractivity contribution in [1.29, 1.82) is 0 Å². The molecule has 4 rings (SSSR count). The van der Waals surface area contributed by atoms with Crippen LogP contribution in [0, 0.1) is 0 Å². The highest BCUT2D eigenvalue weighted by Crippen LogP contribution is 2.28. The fraction of sp³-hybridized carbons (Fsp3) is 0.227. The fourth-order valence-corrected chi connectivity index (χ4v) is 3.50. The molecule has 2 atom stereocenters. The monoisotopic (exact) mass is 331 g/mol. The lowest BCUT2D eigenvalue weighted by Gasteiger charge is -2.27. The summed E-state index contributed by atoms with van der Waals surface area (Å²) in [4.78, 5) is 12.3. The maximum Gasteiger partial charge on any atom is 0.170 e. The Morgan fingerprint density at radius 3 is 2.72 bits per heavy atom. The minimum atomic E-state index is -0.125. The first-order chi connectivity index (χ1) is 12.2. The lowest BCUT2D eigenvalue weighted by molar-refractivity contribution is 0.0846. The number of nitrogens with one attached hydrogen (secondary N) is 1. The van der Waals surface area contributed by atoms with Gasteiger partial charge in [-0.15, -0.1) is 0 Å². The number of carbonyl (C=O) groups is 1. The molecular weight excluding hydrogens is 310 g/mol. The Morgan fingerprint density at radius 1 is 1.04 bits per heavy atom. The second kappa shape index (κ2) is 6.69. The van der Waals surface area contributed by atoms with Crippen LogP contribution in [0.2, 0.25) is 0 Å². The van der Waals surface area contributed by atoms with Gasteiger partial charge in [0, 0.05) is 19.0 Å². The van der Waals surface area contributed by atoms with Crippen LogP contribution in [-0.4, -0.2) is 18.4 Å². The summed E-state index contributed by atoms with van der Waals surface area (Å²) in [5.74, 6) is 0.856. The lowest BCUT2D eigenvalue weighted by atomic mass is 9.98. The van der Waals surface area contributed by atoms with E-state index in [-0.39, 0.29) is 17.9 Å². The Morgan fingerprint density at radius 2 is 1.80 bits per heavy atom. The van der Waals surface area contributed by atoms with E-state index >= 15 is 0 Å². The van der Waals surface area contributed by atoms with Gasteiger partial charge in [-0.05, 0) is 35.4 Å². The van der Waals surface area contributed by atoms with Gasteiger partial charge >= 0.3 is 0 Å². The van der Waals surface area contributed by atoms with E-state index in [1.165, 1.54) is 16.3 Å². The predicted octanol–water partition coefficient (Wildman–Crippen LogP) is 4.52. The molecule has 0 fully saturated rings. The molecule has 0 aliphatic carbocycles. The molecule has 3 aromatic rings. The van der Waals surface area contributed by atoms with E-state index in [9.17, 15) is 4.79 Å². The number of ketones is 1. The summed E-state index contributed by atoms with van der Waals surface area (Å²) in [6.07, 6.45) is 0.298. The van der Waals surface area contributed by atoms with Crippen LogP contribution in [-0.2, 0) is 0 Å². The van der Waals surface area contributed by atoms with Crippen molar-refractivity contribution in [3.8, 4) is 5.75 Å². The van der Waals surface area contributed by atoms with E-state index < -0.39 is 0 Å². The van der Waals surface area contributed by atoms with Gasteiger partial charge in [0.25, 0.3) is 0 Å². The summed E-state index contributed by atoms with van der Waals surface area (Å²) in [5.41, 5.74) is 1.96. The highest BCUT2D eigenvalue weighted by Gasteiger charge is 2.26. The number of rotatable bonds is 4. The van der Waals surface area contributed by atoms with Crippen molar-refractivity contribution >= 4 is 16.6 Å². The van der Waals surface area contributed by atoms with Crippen molar-refractivity contribution in [3.05, 3.63) is 77.9 Å². The van der Waals surface area contributed by atoms with E-state index in [0.717, 1.165) is 0 Å². The van der Waals surface area contributed by atoms with Crippen molar-refractivity contribution in [2.24, 2.45) is 0 Å². The molecule has 0 aromatic heterocycles. The molecule has 0 amide bonds. The minimum absolute atomic E-state index is 0.125. The first-order valence-corrected chi connectivity index (χ1v) is 8.72. The first kappa shape index (κ1) is 15.9. The van der Waals surface area contributed by atoms with Gasteiger partial charge in [0.1, 0.15) is 11.9 Å². The quantitative estimate of drug-likeness (QED) is 0.763. The smallest absolute Gasteiger partial charge is 0.170 e. The zero-order chi connectivity index (χ0) is 17.2. The first-order valence-electron chi connectivity index (χ1n) is 8.72. The molecule has 1 aliphatic rings. The van der Waals surface area contributed by atoms with Crippen molar-refractivity contribution in [3.63, 3.8) is 0 Å². The number of Topliss-reactive ketones (excluding diaryl/α,β-unsaturated/α-hetero) is 1. The summed E-state index contributed by atoms with van der Waals surface area (Å²) in [6.45, 7) is 2.80. The molecular formula is C22H21NO2. The summed E-state index contributed by atoms with van der Waals surface area (Å²) < 4.78 is 5.99. The second-order valence-corrected chi connectivity index (χ2v) is 6.56. The number of hydrogen-bond acceptors (Lipinski definition) is 3. The van der Waals surface area contributed by atoms with Gasteiger partial charge in [0.15, 0.2) is 5.78 Å². The minimum Gasteiger partial charge on any atom is -0.488 e. The molecule has 3 aromatic carbocycles. The van der Waals surface area contributed by atoms with E-state index in [1.54, 1.807) is 0 Å². The molecule has 1 N–H and O–H groups in total. The Bertz CT molecular complexity index is 913. The van der Waals surface area contributed by atoms with Crippen molar-refractivity contribution in [1.82, 2.24) is 5.32 Å². The number of ether oxygens (including phenoxy) is 1. The van der Waals surface area contributed by atoms with Crippen LogP contribution in [0.3, 0.4) is 0 Å². The molecule has 0 saturated heterocycles. The summed E-state index contributed by atoms with van der Waals surface area (Å²) in [6, 6.07) is 22.4. The van der Waals surface area contributed by atoms with Crippen LogP contribution in [0.1, 0.15) is 35.3 Å². The summed E-state index contributed by atoms with van der Waals surface area (Å²) in [5, 5.41) is 6.04. The summed E-state index contributed by atoms with van der Waals surface area (Å²) in [7, 11) is 0. The van der Waals surface area contributed by atoms with Crippen LogP contribution in [0.15, 0.2) is 66.7 Å². The third kappa shape index (κ3) is 3.15. The Kier molecular flexibility index (Phi) is 4.24. The standard InChI is InChI=1S/C22H21NO2/c1-15(18-11-6-8-16-7-2-3-9-19(16)18)23-14-17-13-21(24)20-10-4-5-12-22(20)25-17/h2-12,15,17,23H,13-14H2,1H3/t15-,17?/m1/s1. The highest BCUT2D eigenvalue weighted by molar-refractivity contribution is 5.99. The SMILES string of the molecule is C[C@@H](NCC1CC(=O)c2ccccc2O1)c1cccc2ccccc12. The van der Waals surface area contributed by atoms with Crippen LogP contribution in [0.5, 0.6) is 5.75 Å². The number of hydrogen-bond donors (Lipinski definition) is 1. The number of para-hydroxylation sites is 1. The average molecular weight is 331 g/mol. The number of carbonyl (C=O) groups excluding carboxylic acids is 1. The zero-order valence-corrected chi connectivity index (χ0v) is 14.2. The Balaban J connectivity index is 1.47. The molecule has 0 spiro atoms. The number of benzene rings is 3. The Hall–Kier alpha value is -2.65. The van der Waals surface area contributed by atoms with Crippen molar-refractivity contribution in [2.75, 3.05) is 6.54 Å². The molecule has 126 valence electrons. The zero-order valence-electron chi connectivity index (χ0n) is 14.2. The summed E-state index contributed by atoms with van der Waals surface area (Å²) >= 11 is 0. The van der Waals surface area contributed by atoms with Gasteiger partial charge in [-0.2, -0.15) is 0 Å². The molecule has 1 unspecified atom stereocenters. The lowest BCUT2D eigenvalue weighted by Crippen LogP contribution is -2.37. The van der Waals surface area contributed by atoms with Crippen molar-refractivity contribution in [2.45, 2.75) is 25.5 Å². The van der Waals surface area contributed by atoms with E-state index in [0.29, 0.717) is 24.3 Å². The molecule has 3 nitrogen and oxygen atoms in total. The topological polar surface area (TPSA) is 38.3 Å². The highest BCUT2D eigenvalue weighted by atomic mass is 16.5. The van der Waals surface area contributed by atoms with Gasteiger partial charge in [0.2, 0.25) is 0 Å². The van der Waals surface area contributed by atoms with Gasteiger partial charge in [-0.1, -0.05) is 54.6 Å². The second-order valence-electron chi connectivity index (χ2n) is 6.56. The van der Waals surface area contributed by atoms with Gasteiger partial charge < -0.3 is 10.1 Å². The molecule has 0 bridgehead atoms. The maximum atomic E-state index is 12.3. The normalized spacial score (nSPS) is 17.8. The van der Waals surface area contributed by atoms with Gasteiger partial charge in [-0.3, -0.25) is 4.79 Å². The molecule has 1 aliphatic heterocycles. The molecule has 25 heavy (non-hydrogen) atoms. The maximum absolute atomic E-state index is 12.3. The van der Waals surface area contributed by atoms with Crippen LogP contribution in [0.4, 0.5) is 0 Å². The van der Waals surface area contributed by atoms with E-state index in [1.807, 2.05) is 24.3 Å². The van der Waals surface area contributed by atoms with Crippen molar-refractivity contribution < 1.29 is 9.53 Å². The van der Waals surface area contributed by atoms with Gasteiger partial charge in [-0.25, -0.2) is 0 Å². The third-order valence-corrected chi connectivity index (χ3v) is 4.84. The average Bonchev–Trinajstić information content (AvgIpc) is 2.66. The Labute approximate surface area is 147 Å². The van der Waals surface area contributed by atoms with Crippen LogP contribution >= 0.6 is 0 Å². The third-order valence-electron chi connectivity index (χ3n) is 4.84. The molecule has 1 heterocycles. The largest absolute Gasteiger partial charge is 0.488 e. The van der Waals surface area contributed by atoms with Gasteiger partial charge in [0.05, 0.1) is 5.56 Å². The molecule has 0 radical (unpaired) electrons. The number of fused-ring (bicyclic) bond motifs is 2. The molecule has 0 saturated carbocycles. The van der Waals surface area contributed by atoms with Crippen LogP contribution < -0.4 is 10.1 Å².